The van der Waals surface area contributed by atoms with Crippen LogP contribution in [0.15, 0.2) is 0 Å². The Morgan fingerprint density at radius 1 is 1.17 bits per heavy atom. The van der Waals surface area contributed by atoms with Crippen molar-refractivity contribution in [3.05, 3.63) is 0 Å². The lowest BCUT2D eigenvalue weighted by Crippen LogP contribution is -2.39. The van der Waals surface area contributed by atoms with Crippen molar-refractivity contribution in [1.82, 2.24) is 4.90 Å². The zero-order chi connectivity index (χ0) is 9.61. The molecular formula is C8H19NO3. The molecule has 4 heteroatoms. The highest BCUT2D eigenvalue weighted by molar-refractivity contribution is 4.75. The third-order valence-corrected chi connectivity index (χ3v) is 1.90. The van der Waals surface area contributed by atoms with Crippen LogP contribution in [0.4, 0.5) is 0 Å². The van der Waals surface area contributed by atoms with Gasteiger partial charge in [0.2, 0.25) is 0 Å². The fourth-order valence-corrected chi connectivity index (χ4v) is 1.05. The summed E-state index contributed by atoms with van der Waals surface area (Å²) >= 11 is 0. The molecule has 0 aromatic rings. The molecule has 0 bridgehead atoms. The van der Waals surface area contributed by atoms with Gasteiger partial charge < -0.3 is 20.2 Å². The van der Waals surface area contributed by atoms with E-state index in [2.05, 4.69) is 0 Å². The highest BCUT2D eigenvalue weighted by Crippen LogP contribution is 2.14. The van der Waals surface area contributed by atoms with Crippen molar-refractivity contribution in [2.45, 2.75) is 6.92 Å². The van der Waals surface area contributed by atoms with Crippen molar-refractivity contribution >= 4 is 0 Å². The summed E-state index contributed by atoms with van der Waals surface area (Å²) in [5, 5.41) is 26.5. The summed E-state index contributed by atoms with van der Waals surface area (Å²) in [5.41, 5.74) is -0.468. The summed E-state index contributed by atoms with van der Waals surface area (Å²) in [6, 6.07) is 0. The van der Waals surface area contributed by atoms with Crippen molar-refractivity contribution in [3.63, 3.8) is 0 Å². The van der Waals surface area contributed by atoms with Gasteiger partial charge >= 0.3 is 0 Å². The van der Waals surface area contributed by atoms with Crippen LogP contribution in [0.1, 0.15) is 6.92 Å². The molecule has 0 aromatic carbocycles. The van der Waals surface area contributed by atoms with Gasteiger partial charge in [-0.3, -0.25) is 0 Å². The molecule has 0 aliphatic heterocycles. The predicted octanol–water partition coefficient (Wildman–Crippen LogP) is -1.10. The molecule has 0 fully saturated rings. The van der Waals surface area contributed by atoms with Crippen LogP contribution in [0.5, 0.6) is 0 Å². The van der Waals surface area contributed by atoms with Crippen molar-refractivity contribution in [2.75, 3.05) is 40.0 Å². The van der Waals surface area contributed by atoms with Crippen molar-refractivity contribution < 1.29 is 15.3 Å². The largest absolute Gasteiger partial charge is 0.396 e. The Balaban J connectivity index is 3.84. The minimum atomic E-state index is -0.468. The van der Waals surface area contributed by atoms with Crippen molar-refractivity contribution in [1.29, 1.82) is 0 Å². The second-order valence-electron chi connectivity index (χ2n) is 3.59. The van der Waals surface area contributed by atoms with Gasteiger partial charge in [0.15, 0.2) is 0 Å². The molecule has 0 spiro atoms. The van der Waals surface area contributed by atoms with E-state index in [9.17, 15) is 0 Å². The first kappa shape index (κ1) is 11.8. The molecule has 0 rings (SSSR count). The van der Waals surface area contributed by atoms with E-state index in [1.54, 1.807) is 6.92 Å². The average molecular weight is 177 g/mol. The van der Waals surface area contributed by atoms with Gasteiger partial charge in [0.25, 0.3) is 0 Å². The van der Waals surface area contributed by atoms with E-state index in [-0.39, 0.29) is 19.8 Å². The summed E-state index contributed by atoms with van der Waals surface area (Å²) in [5.74, 6) is 0. The second kappa shape index (κ2) is 5.48. The molecule has 0 unspecified atom stereocenters. The average Bonchev–Trinajstić information content (AvgIpc) is 2.05. The Morgan fingerprint density at radius 2 is 1.67 bits per heavy atom. The summed E-state index contributed by atoms with van der Waals surface area (Å²) in [6.07, 6.45) is 0. The van der Waals surface area contributed by atoms with Crippen LogP contribution in [-0.2, 0) is 0 Å². The molecule has 0 radical (unpaired) electrons. The third-order valence-electron chi connectivity index (χ3n) is 1.90. The van der Waals surface area contributed by atoms with Gasteiger partial charge in [-0.2, -0.15) is 0 Å². The third kappa shape index (κ3) is 4.01. The summed E-state index contributed by atoms with van der Waals surface area (Å²) in [4.78, 5) is 1.88. The van der Waals surface area contributed by atoms with Crippen LogP contribution in [0.25, 0.3) is 0 Å². The molecule has 74 valence electrons. The lowest BCUT2D eigenvalue weighted by atomic mass is 9.92. The number of likely N-dealkylation sites (N-methyl/N-ethyl adjacent to an activating group) is 1. The molecule has 3 N–H and O–H groups in total. The fraction of sp³-hybridized carbons (Fsp3) is 1.00. The molecule has 0 aliphatic carbocycles. The topological polar surface area (TPSA) is 63.9 Å². The maximum absolute atomic E-state index is 8.95. The second-order valence-corrected chi connectivity index (χ2v) is 3.59. The highest BCUT2D eigenvalue weighted by Gasteiger charge is 2.23. The van der Waals surface area contributed by atoms with E-state index < -0.39 is 5.41 Å². The molecule has 0 aromatic heterocycles. The molecule has 12 heavy (non-hydrogen) atoms. The number of hydrogen-bond acceptors (Lipinski definition) is 4. The first-order valence-electron chi connectivity index (χ1n) is 4.09. The predicted molar refractivity (Wildman–Crippen MR) is 46.9 cm³/mol. The van der Waals surface area contributed by atoms with Gasteiger partial charge in [-0.1, -0.05) is 6.92 Å². The van der Waals surface area contributed by atoms with Gasteiger partial charge in [-0.15, -0.1) is 0 Å². The minimum Gasteiger partial charge on any atom is -0.396 e. The molecule has 0 heterocycles. The molecule has 0 amide bonds. The smallest absolute Gasteiger partial charge is 0.0558 e. The van der Waals surface area contributed by atoms with Crippen molar-refractivity contribution in [3.8, 4) is 0 Å². The molecular weight excluding hydrogens is 158 g/mol. The highest BCUT2D eigenvalue weighted by atomic mass is 16.3. The van der Waals surface area contributed by atoms with Crippen molar-refractivity contribution in [2.24, 2.45) is 5.41 Å². The lowest BCUT2D eigenvalue weighted by Gasteiger charge is -2.29. The Labute approximate surface area is 73.4 Å². The Kier molecular flexibility index (Phi) is 5.41. The zero-order valence-electron chi connectivity index (χ0n) is 7.82. The van der Waals surface area contributed by atoms with Gasteiger partial charge in [-0.25, -0.2) is 0 Å². The maximum Gasteiger partial charge on any atom is 0.0558 e. The summed E-state index contributed by atoms with van der Waals surface area (Å²) in [6.45, 7) is 2.97. The van der Waals surface area contributed by atoms with Gasteiger partial charge in [0.05, 0.1) is 19.8 Å². The Hall–Kier alpha value is -0.160. The quantitative estimate of drug-likeness (QED) is 0.482. The standard InChI is InChI=1S/C8H19NO3/c1-8(6-11,7-12)5-9(2)3-4-10/h10-12H,3-7H2,1-2H3. The molecule has 4 nitrogen and oxygen atoms in total. The van der Waals surface area contributed by atoms with E-state index in [4.69, 9.17) is 15.3 Å². The number of rotatable bonds is 6. The molecule has 0 aliphatic rings. The van der Waals surface area contributed by atoms with Gasteiger partial charge in [0.1, 0.15) is 0 Å². The van der Waals surface area contributed by atoms with Crippen LogP contribution >= 0.6 is 0 Å². The number of nitrogens with zero attached hydrogens (tertiary/aromatic N) is 1. The minimum absolute atomic E-state index is 0.0424. The number of aliphatic hydroxyl groups excluding tert-OH is 3. The molecule has 0 saturated carbocycles. The van der Waals surface area contributed by atoms with E-state index in [0.717, 1.165) is 0 Å². The monoisotopic (exact) mass is 177 g/mol. The first-order chi connectivity index (χ1) is 5.58. The summed E-state index contributed by atoms with van der Waals surface area (Å²) in [7, 11) is 1.85. The van der Waals surface area contributed by atoms with E-state index in [0.29, 0.717) is 13.1 Å². The van der Waals surface area contributed by atoms with Gasteiger partial charge in [-0.05, 0) is 7.05 Å². The van der Waals surface area contributed by atoms with E-state index in [1.165, 1.54) is 0 Å². The van der Waals surface area contributed by atoms with Crippen LogP contribution in [0.3, 0.4) is 0 Å². The Bertz CT molecular complexity index is 115. The fourth-order valence-electron chi connectivity index (χ4n) is 1.05. The molecule has 0 saturated heterocycles. The van der Waals surface area contributed by atoms with Crippen LogP contribution < -0.4 is 0 Å². The zero-order valence-corrected chi connectivity index (χ0v) is 7.82. The normalized spacial score (nSPS) is 12.5. The Morgan fingerprint density at radius 3 is 2.00 bits per heavy atom. The van der Waals surface area contributed by atoms with Crippen LogP contribution in [-0.4, -0.2) is 60.2 Å². The SMILES string of the molecule is CN(CCO)CC(C)(CO)CO. The molecule has 0 atom stereocenters. The van der Waals surface area contributed by atoms with E-state index in [1.807, 2.05) is 11.9 Å². The van der Waals surface area contributed by atoms with E-state index >= 15 is 0 Å². The summed E-state index contributed by atoms with van der Waals surface area (Å²) < 4.78 is 0. The lowest BCUT2D eigenvalue weighted by molar-refractivity contribution is 0.0382. The first-order valence-corrected chi connectivity index (χ1v) is 4.09. The van der Waals surface area contributed by atoms with Crippen LogP contribution in [0.2, 0.25) is 0 Å². The van der Waals surface area contributed by atoms with Crippen LogP contribution in [0, 0.1) is 5.41 Å². The number of aliphatic hydroxyl groups is 3. The maximum atomic E-state index is 8.95. The van der Waals surface area contributed by atoms with Gasteiger partial charge in [0, 0.05) is 18.5 Å². The number of hydrogen-bond donors (Lipinski definition) is 3.